The number of hydrogen-bond acceptors (Lipinski definition) is 0. The van der Waals surface area contributed by atoms with Gasteiger partial charge in [-0.3, -0.25) is 0 Å². The quantitative estimate of drug-likeness (QED) is 0.337. The van der Waals surface area contributed by atoms with E-state index in [-0.39, 0.29) is 17.0 Å². The molecule has 0 atom stereocenters. The number of benzene rings is 4. The Labute approximate surface area is 194 Å². The number of fused-ring (bicyclic) bond motifs is 2. The number of imidazole rings is 1. The Morgan fingerprint density at radius 1 is 0.710 bits per heavy atom. The largest absolute Gasteiger partial charge is 1.00 e. The minimum absolute atomic E-state index is 0. The second kappa shape index (κ2) is 9.49. The zero-order chi connectivity index (χ0) is 20.3. The summed E-state index contributed by atoms with van der Waals surface area (Å²) in [6, 6.07) is 30.8. The molecule has 0 saturated carbocycles. The molecule has 5 rings (SSSR count). The van der Waals surface area contributed by atoms with Crippen molar-refractivity contribution in [3.63, 3.8) is 0 Å². The third kappa shape index (κ3) is 4.57. The number of nitrogens with zero attached hydrogens (tertiary/aromatic N) is 2. The second-order valence-corrected chi connectivity index (χ2v) is 8.08. The number of hydrogen-bond donors (Lipinski definition) is 0. The molecule has 5 aromatic rings. The van der Waals surface area contributed by atoms with Crippen LogP contribution in [0, 0.1) is 0 Å². The van der Waals surface area contributed by atoms with Gasteiger partial charge in [-0.2, -0.15) is 0 Å². The van der Waals surface area contributed by atoms with Crippen LogP contribution in [0.15, 0.2) is 97.3 Å². The molecule has 0 unspecified atom stereocenters. The summed E-state index contributed by atoms with van der Waals surface area (Å²) >= 11 is 0. The molecular weight excluding hydrogens is 444 g/mol. The first-order valence-electron chi connectivity index (χ1n) is 10.8. The highest BCUT2D eigenvalue weighted by atomic mass is 79.9. The molecule has 0 aliphatic rings. The molecule has 31 heavy (non-hydrogen) atoms. The van der Waals surface area contributed by atoms with Gasteiger partial charge in [0, 0.05) is 6.42 Å². The first-order valence-corrected chi connectivity index (χ1v) is 10.8. The minimum Gasteiger partial charge on any atom is -1.00 e. The molecule has 0 bridgehead atoms. The van der Waals surface area contributed by atoms with Gasteiger partial charge in [-0.1, -0.05) is 79.7 Å². The van der Waals surface area contributed by atoms with Crippen LogP contribution in [0.3, 0.4) is 0 Å². The minimum atomic E-state index is 0. The van der Waals surface area contributed by atoms with Crippen LogP contribution in [-0.2, 0) is 19.5 Å². The predicted octanol–water partition coefficient (Wildman–Crippen LogP) is 3.14. The Morgan fingerprint density at radius 2 is 1.29 bits per heavy atom. The van der Waals surface area contributed by atoms with Gasteiger partial charge < -0.3 is 17.0 Å². The van der Waals surface area contributed by atoms with Gasteiger partial charge in [0.1, 0.15) is 25.5 Å². The summed E-state index contributed by atoms with van der Waals surface area (Å²) in [6.07, 6.45) is 6.69. The summed E-state index contributed by atoms with van der Waals surface area (Å²) in [5.41, 5.74) is 2.69. The van der Waals surface area contributed by atoms with E-state index in [1.807, 2.05) is 0 Å². The average Bonchev–Trinajstić information content (AvgIpc) is 3.15. The van der Waals surface area contributed by atoms with Crippen molar-refractivity contribution in [2.45, 2.75) is 32.9 Å². The van der Waals surface area contributed by atoms with E-state index in [9.17, 15) is 0 Å². The lowest BCUT2D eigenvalue weighted by atomic mass is 10.1. The maximum atomic E-state index is 2.41. The van der Waals surface area contributed by atoms with E-state index >= 15 is 0 Å². The number of aromatic nitrogens is 2. The average molecular weight is 471 g/mol. The van der Waals surface area contributed by atoms with Crippen molar-refractivity contribution in [1.29, 1.82) is 0 Å². The molecule has 0 spiro atoms. The monoisotopic (exact) mass is 470 g/mol. The SMILES string of the molecule is CCCc1n(Cc2ccc3ccccc3c2)cc[n+]1Cc1ccc2ccccc2c1.[Br-]. The maximum absolute atomic E-state index is 2.41. The van der Waals surface area contributed by atoms with Crippen LogP contribution in [0.5, 0.6) is 0 Å². The topological polar surface area (TPSA) is 8.81 Å². The fourth-order valence-electron chi connectivity index (χ4n) is 4.36. The van der Waals surface area contributed by atoms with Gasteiger partial charge in [-0.05, 0) is 51.2 Å². The summed E-state index contributed by atoms with van der Waals surface area (Å²) in [5, 5.41) is 5.22. The highest BCUT2D eigenvalue weighted by Crippen LogP contribution is 2.18. The molecular formula is C28H27BrN2. The number of rotatable bonds is 6. The zero-order valence-corrected chi connectivity index (χ0v) is 19.4. The molecule has 0 N–H and O–H groups in total. The lowest BCUT2D eigenvalue weighted by Gasteiger charge is -2.07. The van der Waals surface area contributed by atoms with Gasteiger partial charge in [-0.15, -0.1) is 0 Å². The zero-order valence-electron chi connectivity index (χ0n) is 17.8. The Bertz CT molecular complexity index is 1220. The molecule has 4 aromatic carbocycles. The normalized spacial score (nSPS) is 11.0. The Morgan fingerprint density at radius 3 is 1.94 bits per heavy atom. The van der Waals surface area contributed by atoms with Crippen LogP contribution in [-0.4, -0.2) is 4.57 Å². The van der Waals surface area contributed by atoms with Crippen LogP contribution in [0.25, 0.3) is 21.5 Å². The third-order valence-electron chi connectivity index (χ3n) is 5.90. The van der Waals surface area contributed by atoms with E-state index in [1.165, 1.54) is 38.5 Å². The van der Waals surface area contributed by atoms with Crippen LogP contribution in [0.4, 0.5) is 0 Å². The van der Waals surface area contributed by atoms with Crippen LogP contribution in [0.2, 0.25) is 0 Å². The maximum Gasteiger partial charge on any atom is 0.256 e. The molecule has 3 heteroatoms. The van der Waals surface area contributed by atoms with Crippen molar-refractivity contribution in [3.8, 4) is 0 Å². The summed E-state index contributed by atoms with van der Waals surface area (Å²) in [5.74, 6) is 1.39. The van der Waals surface area contributed by atoms with Crippen LogP contribution < -0.4 is 21.5 Å². The lowest BCUT2D eigenvalue weighted by molar-refractivity contribution is -0.695. The Balaban J connectivity index is 0.00000231. The van der Waals surface area contributed by atoms with Gasteiger partial charge in [0.05, 0.1) is 0 Å². The molecule has 0 fully saturated rings. The van der Waals surface area contributed by atoms with Crippen molar-refractivity contribution >= 4 is 21.5 Å². The van der Waals surface area contributed by atoms with Crippen molar-refractivity contribution in [3.05, 3.63) is 114 Å². The smallest absolute Gasteiger partial charge is 0.256 e. The van der Waals surface area contributed by atoms with Crippen molar-refractivity contribution < 1.29 is 21.5 Å². The first-order chi connectivity index (χ1) is 14.8. The predicted molar refractivity (Wildman–Crippen MR) is 125 cm³/mol. The molecule has 0 aliphatic carbocycles. The van der Waals surface area contributed by atoms with E-state index in [0.717, 1.165) is 25.9 Å². The second-order valence-electron chi connectivity index (χ2n) is 8.08. The Hall–Kier alpha value is -2.91. The standard InChI is InChI=1S/C28H27N2.BrH/c1-2-7-28-29(20-22-12-14-24-8-3-5-10-26(24)18-22)16-17-30(28)21-23-13-15-25-9-4-6-11-27(25)19-23;/h3-6,8-19H,2,7,20-21H2,1H3;1H/q+1;/p-1. The van der Waals surface area contributed by atoms with Gasteiger partial charge >= 0.3 is 0 Å². The molecule has 1 aromatic heterocycles. The summed E-state index contributed by atoms with van der Waals surface area (Å²) < 4.78 is 4.82. The summed E-state index contributed by atoms with van der Waals surface area (Å²) in [4.78, 5) is 0. The van der Waals surface area contributed by atoms with Gasteiger partial charge in [0.25, 0.3) is 5.82 Å². The van der Waals surface area contributed by atoms with Gasteiger partial charge in [0.15, 0.2) is 0 Å². The van der Waals surface area contributed by atoms with Crippen molar-refractivity contribution in [2.75, 3.05) is 0 Å². The van der Waals surface area contributed by atoms with E-state index in [4.69, 9.17) is 0 Å². The van der Waals surface area contributed by atoms with Crippen molar-refractivity contribution in [1.82, 2.24) is 4.57 Å². The highest BCUT2D eigenvalue weighted by Gasteiger charge is 2.17. The van der Waals surface area contributed by atoms with Crippen molar-refractivity contribution in [2.24, 2.45) is 0 Å². The lowest BCUT2D eigenvalue weighted by Crippen LogP contribution is -3.00. The Kier molecular flexibility index (Phi) is 6.53. The summed E-state index contributed by atoms with van der Waals surface area (Å²) in [6.45, 7) is 4.07. The van der Waals surface area contributed by atoms with Gasteiger partial charge in [0.2, 0.25) is 0 Å². The van der Waals surface area contributed by atoms with E-state index in [0.29, 0.717) is 0 Å². The third-order valence-corrected chi connectivity index (χ3v) is 5.90. The number of halogens is 1. The van der Waals surface area contributed by atoms with E-state index in [2.05, 4.69) is 113 Å². The molecule has 2 nitrogen and oxygen atoms in total. The van der Waals surface area contributed by atoms with E-state index < -0.39 is 0 Å². The molecule has 0 amide bonds. The fraction of sp³-hybridized carbons (Fsp3) is 0.179. The highest BCUT2D eigenvalue weighted by molar-refractivity contribution is 5.83. The molecule has 1 heterocycles. The van der Waals surface area contributed by atoms with E-state index in [1.54, 1.807) is 0 Å². The van der Waals surface area contributed by atoms with Crippen LogP contribution >= 0.6 is 0 Å². The molecule has 0 saturated heterocycles. The van der Waals surface area contributed by atoms with Crippen LogP contribution in [0.1, 0.15) is 30.3 Å². The fourth-order valence-corrected chi connectivity index (χ4v) is 4.36. The first kappa shape index (κ1) is 21.3. The molecule has 0 radical (unpaired) electrons. The summed E-state index contributed by atoms with van der Waals surface area (Å²) in [7, 11) is 0. The van der Waals surface area contributed by atoms with Gasteiger partial charge in [-0.25, -0.2) is 9.13 Å². The molecule has 0 aliphatic heterocycles. The molecule has 156 valence electrons.